The van der Waals surface area contributed by atoms with Crippen molar-refractivity contribution in [2.24, 2.45) is 5.92 Å². The Morgan fingerprint density at radius 1 is 1.40 bits per heavy atom. The Balaban J connectivity index is 1.59. The van der Waals surface area contributed by atoms with Crippen LogP contribution in [-0.4, -0.2) is 41.3 Å². The van der Waals surface area contributed by atoms with Crippen LogP contribution >= 0.6 is 11.3 Å². The van der Waals surface area contributed by atoms with Gasteiger partial charge in [0.2, 0.25) is 0 Å². The standard InChI is InChI=1S/C21H23N3O5S/c1-27-12-15-11-14(4-7-22-15)20(26)24-21-23-17(16-3-2-8-29-16)19(30-21)18(25)13-5-9-28-10-6-13/h2-4,7-8,11,13,18,25H,5-6,9-10,12H2,1H3,(H,23,24,26). The first-order valence-electron chi connectivity index (χ1n) is 9.71. The molecule has 4 heterocycles. The van der Waals surface area contributed by atoms with Crippen molar-refractivity contribution < 1.29 is 23.8 Å². The van der Waals surface area contributed by atoms with Crippen LogP contribution in [0.3, 0.4) is 0 Å². The number of hydrogen-bond acceptors (Lipinski definition) is 8. The van der Waals surface area contributed by atoms with Crippen LogP contribution in [0.15, 0.2) is 41.1 Å². The van der Waals surface area contributed by atoms with E-state index >= 15 is 0 Å². The van der Waals surface area contributed by atoms with Gasteiger partial charge >= 0.3 is 0 Å². The minimum absolute atomic E-state index is 0.0771. The van der Waals surface area contributed by atoms with E-state index in [1.54, 1.807) is 43.8 Å². The number of anilines is 1. The molecule has 1 aliphatic heterocycles. The monoisotopic (exact) mass is 429 g/mol. The first-order chi connectivity index (χ1) is 14.7. The van der Waals surface area contributed by atoms with Gasteiger partial charge in [-0.15, -0.1) is 0 Å². The molecule has 0 spiro atoms. The molecule has 30 heavy (non-hydrogen) atoms. The molecule has 3 aromatic rings. The van der Waals surface area contributed by atoms with E-state index in [2.05, 4.69) is 15.3 Å². The van der Waals surface area contributed by atoms with Gasteiger partial charge in [-0.05, 0) is 43.0 Å². The number of carbonyl (C=O) groups is 1. The number of ether oxygens (including phenoxy) is 2. The lowest BCUT2D eigenvalue weighted by Crippen LogP contribution is -2.21. The summed E-state index contributed by atoms with van der Waals surface area (Å²) in [5, 5.41) is 14.3. The van der Waals surface area contributed by atoms with E-state index < -0.39 is 6.10 Å². The van der Waals surface area contributed by atoms with Gasteiger partial charge in [-0.25, -0.2) is 4.98 Å². The number of nitrogens with zero attached hydrogens (tertiary/aromatic N) is 2. The molecular formula is C21H23N3O5S. The molecule has 0 radical (unpaired) electrons. The van der Waals surface area contributed by atoms with Crippen molar-refractivity contribution in [3.8, 4) is 11.5 Å². The van der Waals surface area contributed by atoms with Crippen molar-refractivity contribution in [1.82, 2.24) is 9.97 Å². The van der Waals surface area contributed by atoms with Crippen molar-refractivity contribution >= 4 is 22.4 Å². The van der Waals surface area contributed by atoms with Crippen LogP contribution < -0.4 is 5.32 Å². The topological polar surface area (TPSA) is 107 Å². The first-order valence-corrected chi connectivity index (χ1v) is 10.5. The first kappa shape index (κ1) is 20.7. The maximum atomic E-state index is 12.7. The van der Waals surface area contributed by atoms with E-state index in [1.165, 1.54) is 11.3 Å². The van der Waals surface area contributed by atoms with E-state index in [1.807, 2.05) is 0 Å². The fourth-order valence-electron chi connectivity index (χ4n) is 3.44. The van der Waals surface area contributed by atoms with Crippen molar-refractivity contribution in [1.29, 1.82) is 0 Å². The Morgan fingerprint density at radius 2 is 2.23 bits per heavy atom. The Kier molecular flexibility index (Phi) is 6.53. The molecule has 0 aliphatic carbocycles. The number of hydrogen-bond donors (Lipinski definition) is 2. The van der Waals surface area contributed by atoms with E-state index in [0.29, 0.717) is 52.5 Å². The summed E-state index contributed by atoms with van der Waals surface area (Å²) < 4.78 is 16.0. The summed E-state index contributed by atoms with van der Waals surface area (Å²) in [6.07, 6.45) is 3.98. The Bertz CT molecular complexity index is 982. The van der Waals surface area contributed by atoms with E-state index in [4.69, 9.17) is 13.9 Å². The summed E-state index contributed by atoms with van der Waals surface area (Å²) in [5.41, 5.74) is 1.67. The zero-order valence-electron chi connectivity index (χ0n) is 16.5. The number of nitrogens with one attached hydrogen (secondary N) is 1. The summed E-state index contributed by atoms with van der Waals surface area (Å²) in [7, 11) is 1.57. The van der Waals surface area contributed by atoms with Crippen LogP contribution in [0.4, 0.5) is 5.13 Å². The predicted octanol–water partition coefficient (Wildman–Crippen LogP) is 3.66. The van der Waals surface area contributed by atoms with Crippen LogP contribution in [0.5, 0.6) is 0 Å². The van der Waals surface area contributed by atoms with Crippen molar-refractivity contribution in [2.45, 2.75) is 25.6 Å². The number of carbonyl (C=O) groups excluding carboxylic acids is 1. The highest BCUT2D eigenvalue weighted by Gasteiger charge is 2.29. The smallest absolute Gasteiger partial charge is 0.257 e. The maximum absolute atomic E-state index is 12.7. The quantitative estimate of drug-likeness (QED) is 0.590. The molecule has 1 fully saturated rings. The molecule has 0 bridgehead atoms. The third-order valence-electron chi connectivity index (χ3n) is 4.98. The van der Waals surface area contributed by atoms with Gasteiger partial charge in [0, 0.05) is 32.1 Å². The molecule has 2 N–H and O–H groups in total. The van der Waals surface area contributed by atoms with E-state index in [9.17, 15) is 9.90 Å². The zero-order valence-corrected chi connectivity index (χ0v) is 17.4. The van der Waals surface area contributed by atoms with Crippen molar-refractivity contribution in [3.05, 3.63) is 52.9 Å². The highest BCUT2D eigenvalue weighted by Crippen LogP contribution is 2.41. The van der Waals surface area contributed by atoms with Crippen molar-refractivity contribution in [2.75, 3.05) is 25.6 Å². The van der Waals surface area contributed by atoms with Gasteiger partial charge in [0.1, 0.15) is 5.69 Å². The van der Waals surface area contributed by atoms with Crippen LogP contribution in [0.2, 0.25) is 0 Å². The molecule has 1 saturated heterocycles. The second kappa shape index (κ2) is 9.48. The number of aliphatic hydroxyl groups excluding tert-OH is 1. The second-order valence-electron chi connectivity index (χ2n) is 7.03. The van der Waals surface area contributed by atoms with E-state index in [0.717, 1.165) is 12.8 Å². The summed E-state index contributed by atoms with van der Waals surface area (Å²) >= 11 is 1.26. The van der Waals surface area contributed by atoms with Gasteiger partial charge in [0.15, 0.2) is 10.9 Å². The third-order valence-corrected chi connectivity index (χ3v) is 6.02. The molecule has 3 aromatic heterocycles. The molecule has 1 atom stereocenters. The van der Waals surface area contributed by atoms with Gasteiger partial charge in [-0.2, -0.15) is 0 Å². The van der Waals surface area contributed by atoms with E-state index in [-0.39, 0.29) is 11.8 Å². The minimum atomic E-state index is -0.702. The average Bonchev–Trinajstić information content (AvgIpc) is 3.44. The van der Waals surface area contributed by atoms with Gasteiger partial charge in [-0.3, -0.25) is 15.1 Å². The molecular weight excluding hydrogens is 406 g/mol. The minimum Gasteiger partial charge on any atom is -0.463 e. The maximum Gasteiger partial charge on any atom is 0.257 e. The van der Waals surface area contributed by atoms with Crippen LogP contribution in [0, 0.1) is 5.92 Å². The second-order valence-corrected chi connectivity index (χ2v) is 8.06. The number of rotatable bonds is 7. The SMILES string of the molecule is COCc1cc(C(=O)Nc2nc(-c3ccco3)c(C(O)C3CCOCC3)s2)ccn1. The van der Waals surface area contributed by atoms with Gasteiger partial charge < -0.3 is 19.0 Å². The summed E-state index contributed by atoms with van der Waals surface area (Å²) in [5.74, 6) is 0.328. The number of amides is 1. The highest BCUT2D eigenvalue weighted by atomic mass is 32.1. The number of furan rings is 1. The molecule has 1 amide bonds. The fraction of sp³-hybridized carbons (Fsp3) is 0.381. The summed E-state index contributed by atoms with van der Waals surface area (Å²) in [6.45, 7) is 1.58. The van der Waals surface area contributed by atoms with Crippen molar-refractivity contribution in [3.63, 3.8) is 0 Å². The van der Waals surface area contributed by atoms with Gasteiger partial charge in [0.25, 0.3) is 5.91 Å². The number of methoxy groups -OCH3 is 1. The number of thiazole rings is 1. The Labute approximate surface area is 177 Å². The summed E-state index contributed by atoms with van der Waals surface area (Å²) in [4.78, 5) is 22.1. The molecule has 0 aromatic carbocycles. The van der Waals surface area contributed by atoms with Crippen LogP contribution in [0.25, 0.3) is 11.5 Å². The lowest BCUT2D eigenvalue weighted by molar-refractivity contribution is 0.00862. The normalized spacial score (nSPS) is 15.8. The number of aliphatic hydroxyl groups is 1. The highest BCUT2D eigenvalue weighted by molar-refractivity contribution is 7.16. The van der Waals surface area contributed by atoms with Gasteiger partial charge in [0.05, 0.1) is 29.5 Å². The van der Waals surface area contributed by atoms with Crippen LogP contribution in [0.1, 0.15) is 39.9 Å². The molecule has 4 rings (SSSR count). The van der Waals surface area contributed by atoms with Crippen LogP contribution in [-0.2, 0) is 16.1 Å². The summed E-state index contributed by atoms with van der Waals surface area (Å²) in [6, 6.07) is 6.87. The largest absolute Gasteiger partial charge is 0.463 e. The Morgan fingerprint density at radius 3 is 2.97 bits per heavy atom. The lowest BCUT2D eigenvalue weighted by atomic mass is 9.92. The number of pyridine rings is 1. The molecule has 8 nitrogen and oxygen atoms in total. The molecule has 0 saturated carbocycles. The van der Waals surface area contributed by atoms with Gasteiger partial charge in [-0.1, -0.05) is 11.3 Å². The fourth-order valence-corrected chi connectivity index (χ4v) is 4.48. The molecule has 1 aliphatic rings. The number of aromatic nitrogens is 2. The predicted molar refractivity (Wildman–Crippen MR) is 111 cm³/mol. The molecule has 1 unspecified atom stereocenters. The lowest BCUT2D eigenvalue weighted by Gasteiger charge is -2.26. The Hall–Kier alpha value is -2.59. The third kappa shape index (κ3) is 4.59. The average molecular weight is 429 g/mol. The molecule has 9 heteroatoms. The zero-order chi connectivity index (χ0) is 20.9. The molecule has 158 valence electrons.